The predicted octanol–water partition coefficient (Wildman–Crippen LogP) is 2.60. The molecule has 1 aromatic heterocycles. The van der Waals surface area contributed by atoms with Crippen molar-refractivity contribution in [2.75, 3.05) is 12.4 Å². The van der Waals surface area contributed by atoms with Gasteiger partial charge in [-0.1, -0.05) is 17.7 Å². The molecule has 1 aromatic carbocycles. The summed E-state index contributed by atoms with van der Waals surface area (Å²) in [5.41, 5.74) is 0.729. The average molecular weight is 297 g/mol. The second-order valence-corrected chi connectivity index (χ2v) is 4.47. The highest BCUT2D eigenvalue weighted by atomic mass is 35.5. The number of ether oxygens (including phenoxy) is 1. The zero-order valence-corrected chi connectivity index (χ0v) is 11.7. The van der Waals surface area contributed by atoms with Gasteiger partial charge < -0.3 is 20.2 Å². The van der Waals surface area contributed by atoms with Crippen molar-refractivity contribution < 1.29 is 9.66 Å². The van der Waals surface area contributed by atoms with Crippen molar-refractivity contribution in [3.63, 3.8) is 0 Å². The third-order valence-electron chi connectivity index (χ3n) is 2.82. The lowest BCUT2D eigenvalue weighted by atomic mass is 10.2. The third kappa shape index (κ3) is 2.67. The summed E-state index contributed by atoms with van der Waals surface area (Å²) in [6.07, 6.45) is 1.38. The summed E-state index contributed by atoms with van der Waals surface area (Å²) >= 11 is 6.11. The van der Waals surface area contributed by atoms with E-state index in [2.05, 4.69) is 10.3 Å². The van der Waals surface area contributed by atoms with Crippen molar-refractivity contribution in [1.82, 2.24) is 9.55 Å². The Morgan fingerprint density at radius 2 is 2.30 bits per heavy atom. The Morgan fingerprint density at radius 1 is 1.55 bits per heavy atom. The molecule has 0 amide bonds. The fourth-order valence-corrected chi connectivity index (χ4v) is 2.06. The summed E-state index contributed by atoms with van der Waals surface area (Å²) in [5, 5.41) is 14.4. The van der Waals surface area contributed by atoms with Crippen LogP contribution in [0.3, 0.4) is 0 Å². The highest BCUT2D eigenvalue weighted by Crippen LogP contribution is 2.28. The topological polar surface area (TPSA) is 82.2 Å². The Labute approximate surface area is 120 Å². The number of nitro groups is 1. The van der Waals surface area contributed by atoms with Gasteiger partial charge in [0.15, 0.2) is 0 Å². The van der Waals surface area contributed by atoms with Gasteiger partial charge in [0.25, 0.3) is 0 Å². The number of rotatable bonds is 5. The first-order valence-electron chi connectivity index (χ1n) is 5.75. The number of halogens is 1. The summed E-state index contributed by atoms with van der Waals surface area (Å²) in [6, 6.07) is 5.29. The predicted molar refractivity (Wildman–Crippen MR) is 75.2 cm³/mol. The fourth-order valence-electron chi connectivity index (χ4n) is 1.83. The van der Waals surface area contributed by atoms with Crippen molar-refractivity contribution in [3.8, 4) is 5.75 Å². The molecule has 0 saturated carbocycles. The number of anilines is 1. The van der Waals surface area contributed by atoms with E-state index in [1.54, 1.807) is 36.9 Å². The van der Waals surface area contributed by atoms with E-state index < -0.39 is 4.92 Å². The summed E-state index contributed by atoms with van der Waals surface area (Å²) in [6.45, 7) is 0.295. The summed E-state index contributed by atoms with van der Waals surface area (Å²) < 4.78 is 6.77. The van der Waals surface area contributed by atoms with Crippen LogP contribution in [0.5, 0.6) is 5.75 Å². The van der Waals surface area contributed by atoms with E-state index in [0.29, 0.717) is 23.1 Å². The van der Waals surface area contributed by atoms with Crippen LogP contribution in [0.2, 0.25) is 5.02 Å². The number of imidazole rings is 1. The van der Waals surface area contributed by atoms with Gasteiger partial charge in [0, 0.05) is 24.2 Å². The molecule has 0 unspecified atom stereocenters. The van der Waals surface area contributed by atoms with Crippen molar-refractivity contribution in [3.05, 3.63) is 45.2 Å². The molecule has 8 heteroatoms. The van der Waals surface area contributed by atoms with Crippen molar-refractivity contribution >= 4 is 23.2 Å². The minimum atomic E-state index is -0.536. The van der Waals surface area contributed by atoms with Crippen LogP contribution in [0.25, 0.3) is 0 Å². The van der Waals surface area contributed by atoms with Gasteiger partial charge in [-0.05, 0) is 22.0 Å². The van der Waals surface area contributed by atoms with E-state index in [1.807, 2.05) is 0 Å². The minimum Gasteiger partial charge on any atom is -0.496 e. The van der Waals surface area contributed by atoms with E-state index in [1.165, 1.54) is 6.33 Å². The highest BCUT2D eigenvalue weighted by molar-refractivity contribution is 6.31. The molecule has 2 rings (SSSR count). The maximum Gasteiger partial charge on any atom is 0.406 e. The van der Waals surface area contributed by atoms with Gasteiger partial charge in [0.05, 0.1) is 7.11 Å². The van der Waals surface area contributed by atoms with E-state index >= 15 is 0 Å². The van der Waals surface area contributed by atoms with E-state index in [4.69, 9.17) is 16.3 Å². The standard InChI is InChI=1S/C12H13ClN4O3/c1-16-7-15-12(17(18)19)11(16)14-6-8-9(13)4-3-5-10(8)20-2/h3-5,7,14H,6H2,1-2H3. The number of benzene rings is 1. The fraction of sp³-hybridized carbons (Fsp3) is 0.250. The van der Waals surface area contributed by atoms with Crippen molar-refractivity contribution in [1.29, 1.82) is 0 Å². The maximum absolute atomic E-state index is 10.9. The van der Waals surface area contributed by atoms with Crippen molar-refractivity contribution in [2.24, 2.45) is 7.05 Å². The molecule has 0 spiro atoms. The Hall–Kier alpha value is -2.28. The Kier molecular flexibility index (Phi) is 4.09. The molecule has 0 radical (unpaired) electrons. The first kappa shape index (κ1) is 14.1. The molecule has 0 aliphatic heterocycles. The van der Waals surface area contributed by atoms with Gasteiger partial charge in [-0.15, -0.1) is 0 Å². The van der Waals surface area contributed by atoms with Crippen LogP contribution < -0.4 is 10.1 Å². The molecule has 0 atom stereocenters. The number of nitrogens with one attached hydrogen (secondary N) is 1. The van der Waals surface area contributed by atoms with Crippen LogP contribution in [0.1, 0.15) is 5.56 Å². The molecule has 0 saturated heterocycles. The molecular formula is C12H13ClN4O3. The Morgan fingerprint density at radius 3 is 2.95 bits per heavy atom. The molecule has 106 valence electrons. The number of nitrogens with zero attached hydrogens (tertiary/aromatic N) is 3. The first-order chi connectivity index (χ1) is 9.54. The summed E-state index contributed by atoms with van der Waals surface area (Å²) in [4.78, 5) is 14.1. The third-order valence-corrected chi connectivity index (χ3v) is 3.17. The highest BCUT2D eigenvalue weighted by Gasteiger charge is 2.20. The van der Waals surface area contributed by atoms with Crippen LogP contribution >= 0.6 is 11.6 Å². The molecule has 1 heterocycles. The smallest absolute Gasteiger partial charge is 0.406 e. The molecule has 20 heavy (non-hydrogen) atoms. The molecular weight excluding hydrogens is 284 g/mol. The van der Waals surface area contributed by atoms with Crippen LogP contribution in [-0.2, 0) is 13.6 Å². The lowest BCUT2D eigenvalue weighted by Gasteiger charge is -2.11. The lowest BCUT2D eigenvalue weighted by molar-refractivity contribution is -0.388. The second-order valence-electron chi connectivity index (χ2n) is 4.06. The normalized spacial score (nSPS) is 10.3. The average Bonchev–Trinajstić information content (AvgIpc) is 2.78. The number of aromatic nitrogens is 2. The molecule has 0 bridgehead atoms. The van der Waals surface area contributed by atoms with Gasteiger partial charge in [-0.3, -0.25) is 4.57 Å². The molecule has 2 aromatic rings. The van der Waals surface area contributed by atoms with Crippen LogP contribution in [0, 0.1) is 10.1 Å². The van der Waals surface area contributed by atoms with E-state index in [-0.39, 0.29) is 5.82 Å². The quantitative estimate of drug-likeness (QED) is 0.677. The summed E-state index contributed by atoms with van der Waals surface area (Å²) in [7, 11) is 3.22. The Balaban J connectivity index is 2.26. The van der Waals surface area contributed by atoms with Gasteiger partial charge in [-0.2, -0.15) is 0 Å². The minimum absolute atomic E-state index is 0.224. The van der Waals surface area contributed by atoms with Crippen LogP contribution in [0.4, 0.5) is 11.6 Å². The van der Waals surface area contributed by atoms with Gasteiger partial charge in [0.2, 0.25) is 12.1 Å². The maximum atomic E-state index is 10.9. The number of aryl methyl sites for hydroxylation is 1. The van der Waals surface area contributed by atoms with Gasteiger partial charge in [-0.25, -0.2) is 0 Å². The molecule has 1 N–H and O–H groups in total. The zero-order chi connectivity index (χ0) is 14.7. The second kappa shape index (κ2) is 5.79. The Bertz CT molecular complexity index is 642. The zero-order valence-electron chi connectivity index (χ0n) is 11.0. The van der Waals surface area contributed by atoms with E-state index in [9.17, 15) is 10.1 Å². The van der Waals surface area contributed by atoms with Gasteiger partial charge >= 0.3 is 5.82 Å². The first-order valence-corrected chi connectivity index (χ1v) is 6.13. The number of hydrogen-bond donors (Lipinski definition) is 1. The molecule has 0 aliphatic carbocycles. The summed E-state index contributed by atoms with van der Waals surface area (Å²) in [5.74, 6) is 0.713. The van der Waals surface area contributed by atoms with Gasteiger partial charge in [0.1, 0.15) is 5.75 Å². The number of methoxy groups -OCH3 is 1. The molecule has 0 fully saturated rings. The molecule has 0 aliphatic rings. The van der Waals surface area contributed by atoms with Crippen molar-refractivity contribution in [2.45, 2.75) is 6.54 Å². The van der Waals surface area contributed by atoms with E-state index in [0.717, 1.165) is 5.56 Å². The van der Waals surface area contributed by atoms with Crippen LogP contribution in [0.15, 0.2) is 24.5 Å². The number of hydrogen-bond acceptors (Lipinski definition) is 5. The monoisotopic (exact) mass is 296 g/mol. The van der Waals surface area contributed by atoms with Crippen LogP contribution in [-0.4, -0.2) is 21.6 Å². The largest absolute Gasteiger partial charge is 0.496 e. The molecule has 7 nitrogen and oxygen atoms in total. The lowest BCUT2D eigenvalue weighted by Crippen LogP contribution is -2.07. The SMILES string of the molecule is COc1cccc(Cl)c1CNc1c([N+](=O)[O-])ncn1C.